The third-order valence-corrected chi connectivity index (χ3v) is 5.25. The van der Waals surface area contributed by atoms with E-state index in [0.29, 0.717) is 30.3 Å². The molecule has 37 heavy (non-hydrogen) atoms. The predicted molar refractivity (Wildman–Crippen MR) is 134 cm³/mol. The second-order valence-electron chi connectivity index (χ2n) is 8.79. The summed E-state index contributed by atoms with van der Waals surface area (Å²) >= 11 is 0. The average molecular weight is 512 g/mol. The fourth-order valence-electron chi connectivity index (χ4n) is 3.24. The Kier molecular flexibility index (Phi) is 9.92. The lowest BCUT2D eigenvalue weighted by molar-refractivity contribution is -0.126. The molecule has 1 unspecified atom stereocenters. The first-order chi connectivity index (χ1) is 17.8. The highest BCUT2D eigenvalue weighted by molar-refractivity contribution is 5.85. The van der Waals surface area contributed by atoms with Gasteiger partial charge in [0.25, 0.3) is 0 Å². The van der Waals surface area contributed by atoms with Gasteiger partial charge in [-0.25, -0.2) is 9.48 Å². The molecule has 12 heteroatoms. The molecule has 1 atom stereocenters. The van der Waals surface area contributed by atoms with Gasteiger partial charge >= 0.3 is 6.09 Å². The number of tetrazole rings is 1. The molecule has 3 rings (SSSR count). The molecule has 0 fully saturated rings. The summed E-state index contributed by atoms with van der Waals surface area (Å²) in [7, 11) is 1.49. The number of hydrogen-bond acceptors (Lipinski definition) is 9. The first kappa shape index (κ1) is 27.6. The van der Waals surface area contributed by atoms with Crippen LogP contribution in [0.4, 0.5) is 4.79 Å². The zero-order chi connectivity index (χ0) is 26.7. The van der Waals surface area contributed by atoms with E-state index < -0.39 is 17.7 Å². The minimum atomic E-state index is -1.10. The summed E-state index contributed by atoms with van der Waals surface area (Å²) in [6, 6.07) is 16.3. The number of aromatic nitrogens is 4. The normalized spacial score (nSPS) is 12.0. The lowest BCUT2D eigenvalue weighted by Gasteiger charge is -2.24. The highest BCUT2D eigenvalue weighted by atomic mass is 16.5. The van der Waals surface area contributed by atoms with Crippen LogP contribution >= 0.6 is 0 Å². The Morgan fingerprint density at radius 3 is 2.54 bits per heavy atom. The van der Waals surface area contributed by atoms with E-state index in [2.05, 4.69) is 26.2 Å². The second kappa shape index (κ2) is 13.3. The van der Waals surface area contributed by atoms with E-state index in [1.54, 1.807) is 24.6 Å². The van der Waals surface area contributed by atoms with E-state index >= 15 is 0 Å². The Bertz CT molecular complexity index is 1150. The highest BCUT2D eigenvalue weighted by Crippen LogP contribution is 2.19. The van der Waals surface area contributed by atoms with Crippen LogP contribution in [-0.4, -0.2) is 58.0 Å². The average Bonchev–Trinajstić information content (AvgIpc) is 3.35. The summed E-state index contributed by atoms with van der Waals surface area (Å²) in [6.07, 6.45) is -0.531. The molecule has 0 aliphatic carbocycles. The van der Waals surface area contributed by atoms with E-state index in [1.165, 1.54) is 7.05 Å². The number of carbonyl (C=O) groups excluding carboxylic acids is 2. The minimum absolute atomic E-state index is 0.0632. The fourth-order valence-corrected chi connectivity index (χ4v) is 3.24. The van der Waals surface area contributed by atoms with E-state index in [1.807, 2.05) is 48.5 Å². The molecule has 0 bridgehead atoms. The van der Waals surface area contributed by atoms with Crippen molar-refractivity contribution in [2.75, 3.05) is 20.3 Å². The molecule has 1 aromatic heterocycles. The molecule has 0 saturated heterocycles. The smallest absolute Gasteiger partial charge is 0.407 e. The van der Waals surface area contributed by atoms with Crippen LogP contribution in [0.5, 0.6) is 5.75 Å². The molecule has 3 aromatic rings. The van der Waals surface area contributed by atoms with Crippen LogP contribution in [0.1, 0.15) is 36.8 Å². The largest absolute Gasteiger partial charge is 0.491 e. The number of hydrogen-bond donors (Lipinski definition) is 3. The summed E-state index contributed by atoms with van der Waals surface area (Å²) in [5.74, 6) is 0.615. The number of nitrogens with one attached hydrogen (secondary N) is 2. The Labute approximate surface area is 215 Å². The highest BCUT2D eigenvalue weighted by Gasteiger charge is 2.28. The molecule has 4 N–H and O–H groups in total. The van der Waals surface area contributed by atoms with Crippen LogP contribution in [0.2, 0.25) is 0 Å². The Morgan fingerprint density at radius 2 is 1.81 bits per heavy atom. The Balaban J connectivity index is 1.65. The predicted octanol–water partition coefficient (Wildman–Crippen LogP) is 1.72. The number of carbonyl (C=O) groups is 2. The van der Waals surface area contributed by atoms with Crippen molar-refractivity contribution in [1.29, 1.82) is 0 Å². The SMILES string of the molecule is CNC(=O)OCc1ccccc1OCCn1nnnc1C(COCc1ccccc1)NC(=O)C(C)(C)N. The number of nitrogens with zero attached hydrogens (tertiary/aromatic N) is 4. The topological polar surface area (TPSA) is 156 Å². The van der Waals surface area contributed by atoms with Crippen LogP contribution in [0, 0.1) is 0 Å². The van der Waals surface area contributed by atoms with Crippen LogP contribution in [0.25, 0.3) is 0 Å². The van der Waals surface area contributed by atoms with Crippen molar-refractivity contribution >= 4 is 12.0 Å². The molecule has 198 valence electrons. The molecule has 0 radical (unpaired) electrons. The molecule has 12 nitrogen and oxygen atoms in total. The van der Waals surface area contributed by atoms with Crippen molar-refractivity contribution < 1.29 is 23.8 Å². The van der Waals surface area contributed by atoms with Gasteiger partial charge in [0, 0.05) is 12.6 Å². The monoisotopic (exact) mass is 511 g/mol. The molecule has 2 aromatic carbocycles. The molecule has 0 spiro atoms. The zero-order valence-corrected chi connectivity index (χ0v) is 21.2. The molecule has 0 aliphatic heterocycles. The Hall–Kier alpha value is -4.03. The van der Waals surface area contributed by atoms with Crippen molar-refractivity contribution in [2.24, 2.45) is 5.73 Å². The number of ether oxygens (including phenoxy) is 3. The Morgan fingerprint density at radius 1 is 1.08 bits per heavy atom. The number of nitrogens with two attached hydrogens (primary N) is 1. The summed E-state index contributed by atoms with van der Waals surface area (Å²) in [6.45, 7) is 4.32. The van der Waals surface area contributed by atoms with Crippen molar-refractivity contribution in [3.63, 3.8) is 0 Å². The maximum Gasteiger partial charge on any atom is 0.407 e. The lowest BCUT2D eigenvalue weighted by atomic mass is 10.1. The standard InChI is InChI=1S/C25H33N7O5/c1-25(2,26)23(33)28-20(17-35-15-18-9-5-4-6-10-18)22-29-30-31-32(22)13-14-36-21-12-8-7-11-19(21)16-37-24(34)27-3/h4-12,20H,13-17,26H2,1-3H3,(H,27,34)(H,28,33). The van der Waals surface area contributed by atoms with Gasteiger partial charge in [0.05, 0.1) is 25.3 Å². The first-order valence-corrected chi connectivity index (χ1v) is 11.8. The zero-order valence-electron chi connectivity index (χ0n) is 21.2. The van der Waals surface area contributed by atoms with Crippen molar-refractivity contribution in [3.05, 3.63) is 71.5 Å². The van der Waals surface area contributed by atoms with Crippen molar-refractivity contribution in [2.45, 2.75) is 45.2 Å². The van der Waals surface area contributed by atoms with Gasteiger partial charge in [-0.1, -0.05) is 48.5 Å². The number of benzene rings is 2. The summed E-state index contributed by atoms with van der Waals surface area (Å²) in [4.78, 5) is 24.1. The molecule has 0 aliphatic rings. The van der Waals surface area contributed by atoms with Gasteiger partial charge in [-0.3, -0.25) is 4.79 Å². The van der Waals surface area contributed by atoms with E-state index in [-0.39, 0.29) is 25.7 Å². The molecule has 1 heterocycles. The van der Waals surface area contributed by atoms with Crippen LogP contribution in [0.15, 0.2) is 54.6 Å². The van der Waals surface area contributed by atoms with Gasteiger partial charge in [-0.15, -0.1) is 5.10 Å². The molecule has 0 saturated carbocycles. The third kappa shape index (κ3) is 8.54. The number of para-hydroxylation sites is 1. The maximum atomic E-state index is 12.6. The summed E-state index contributed by atoms with van der Waals surface area (Å²) in [5.41, 5.74) is 6.60. The van der Waals surface area contributed by atoms with Gasteiger partial charge in [-0.2, -0.15) is 0 Å². The van der Waals surface area contributed by atoms with Crippen molar-refractivity contribution in [1.82, 2.24) is 30.8 Å². The molecule has 2 amide bonds. The van der Waals surface area contributed by atoms with Crippen molar-refractivity contribution in [3.8, 4) is 5.75 Å². The lowest BCUT2D eigenvalue weighted by Crippen LogP contribution is -2.51. The quantitative estimate of drug-likeness (QED) is 0.311. The fraction of sp³-hybridized carbons (Fsp3) is 0.400. The minimum Gasteiger partial charge on any atom is -0.491 e. The van der Waals surface area contributed by atoms with Crippen LogP contribution in [-0.2, 0) is 34.0 Å². The summed E-state index contributed by atoms with van der Waals surface area (Å²) < 4.78 is 18.5. The molecular weight excluding hydrogens is 478 g/mol. The number of rotatable bonds is 13. The van der Waals surface area contributed by atoms with Gasteiger partial charge in [-0.05, 0) is 35.9 Å². The first-order valence-electron chi connectivity index (χ1n) is 11.8. The van der Waals surface area contributed by atoms with E-state index in [0.717, 1.165) is 5.56 Å². The van der Waals surface area contributed by atoms with E-state index in [9.17, 15) is 9.59 Å². The third-order valence-electron chi connectivity index (χ3n) is 5.25. The maximum absolute atomic E-state index is 12.6. The van der Waals surface area contributed by atoms with Crippen LogP contribution in [0.3, 0.4) is 0 Å². The number of alkyl carbamates (subject to hydrolysis) is 1. The summed E-state index contributed by atoms with van der Waals surface area (Å²) in [5, 5.41) is 17.3. The molecular formula is C25H33N7O5. The van der Waals surface area contributed by atoms with Gasteiger partial charge < -0.3 is 30.6 Å². The van der Waals surface area contributed by atoms with Gasteiger partial charge in [0.1, 0.15) is 25.0 Å². The van der Waals surface area contributed by atoms with E-state index in [4.69, 9.17) is 19.9 Å². The van der Waals surface area contributed by atoms with Gasteiger partial charge in [0.15, 0.2) is 5.82 Å². The van der Waals surface area contributed by atoms with Crippen LogP contribution < -0.4 is 21.1 Å². The van der Waals surface area contributed by atoms with Gasteiger partial charge in [0.2, 0.25) is 5.91 Å². The second-order valence-corrected chi connectivity index (χ2v) is 8.79. The number of amides is 2.